The summed E-state index contributed by atoms with van der Waals surface area (Å²) in [5, 5.41) is 6.37. The highest BCUT2D eigenvalue weighted by molar-refractivity contribution is 14.0. The first kappa shape index (κ1) is 24.7. The van der Waals surface area contributed by atoms with Crippen molar-refractivity contribution >= 4 is 51.5 Å². The Morgan fingerprint density at radius 1 is 1.18 bits per heavy atom. The van der Waals surface area contributed by atoms with Crippen molar-refractivity contribution in [3.8, 4) is 0 Å². The third kappa shape index (κ3) is 7.59. The molecule has 2 rings (SSSR count). The van der Waals surface area contributed by atoms with Gasteiger partial charge < -0.3 is 10.6 Å². The topological polar surface area (TPSA) is 70.6 Å². The molecule has 0 saturated heterocycles. The van der Waals surface area contributed by atoms with Gasteiger partial charge in [0.25, 0.3) is 0 Å². The van der Waals surface area contributed by atoms with Crippen molar-refractivity contribution in [1.29, 1.82) is 0 Å². The predicted molar refractivity (Wildman–Crippen MR) is 125 cm³/mol. The molecule has 0 aromatic heterocycles. The Hall–Kier alpha value is -1.33. The van der Waals surface area contributed by atoms with Gasteiger partial charge in [-0.1, -0.05) is 24.3 Å². The molecule has 2 aromatic carbocycles. The summed E-state index contributed by atoms with van der Waals surface area (Å²) in [6.07, 6.45) is 1.21. The number of thioether (sulfide) groups is 1. The van der Waals surface area contributed by atoms with E-state index in [2.05, 4.69) is 15.6 Å². The van der Waals surface area contributed by atoms with E-state index in [0.29, 0.717) is 34.6 Å². The number of nitrogens with zero attached hydrogens (tertiary/aromatic N) is 1. The molecular formula is C19H25FIN3O2S2. The van der Waals surface area contributed by atoms with Gasteiger partial charge in [-0.15, -0.1) is 35.7 Å². The van der Waals surface area contributed by atoms with Crippen molar-refractivity contribution in [2.75, 3.05) is 25.6 Å². The lowest BCUT2D eigenvalue weighted by Gasteiger charge is -2.13. The molecule has 0 spiro atoms. The maximum Gasteiger partial charge on any atom is 0.191 e. The van der Waals surface area contributed by atoms with Gasteiger partial charge in [0.15, 0.2) is 15.8 Å². The van der Waals surface area contributed by atoms with Crippen molar-refractivity contribution in [1.82, 2.24) is 10.6 Å². The summed E-state index contributed by atoms with van der Waals surface area (Å²) in [5.41, 5.74) is 1.68. The minimum Gasteiger partial charge on any atom is -0.356 e. The van der Waals surface area contributed by atoms with E-state index in [1.165, 1.54) is 24.1 Å². The zero-order valence-electron chi connectivity index (χ0n) is 16.0. The second kappa shape index (κ2) is 11.6. The summed E-state index contributed by atoms with van der Waals surface area (Å²) in [7, 11) is -1.53. The highest BCUT2D eigenvalue weighted by atomic mass is 127. The molecule has 0 atom stereocenters. The Kier molecular flexibility index (Phi) is 10.3. The van der Waals surface area contributed by atoms with Crippen LogP contribution in [-0.4, -0.2) is 40.0 Å². The minimum atomic E-state index is -3.21. The second-order valence-electron chi connectivity index (χ2n) is 6.00. The highest BCUT2D eigenvalue weighted by Crippen LogP contribution is 2.20. The van der Waals surface area contributed by atoms with E-state index in [0.717, 1.165) is 11.1 Å². The van der Waals surface area contributed by atoms with Crippen molar-refractivity contribution in [3.05, 3.63) is 59.4 Å². The Morgan fingerprint density at radius 3 is 2.50 bits per heavy atom. The van der Waals surface area contributed by atoms with Crippen LogP contribution in [-0.2, 0) is 16.4 Å². The SMILES string of the molecule is CN=C(NCCSc1ccccc1F)NCc1ccc(S(C)(=O)=O)c(C)c1.I. The van der Waals surface area contributed by atoms with Gasteiger partial charge in [0.1, 0.15) is 5.82 Å². The summed E-state index contributed by atoms with van der Waals surface area (Å²) in [5.74, 6) is 1.12. The number of aryl methyl sites for hydroxylation is 1. The molecule has 0 bridgehead atoms. The molecule has 2 aromatic rings. The normalized spacial score (nSPS) is 11.6. The highest BCUT2D eigenvalue weighted by Gasteiger charge is 2.11. The number of aliphatic imine (C=N–C) groups is 1. The monoisotopic (exact) mass is 537 g/mol. The lowest BCUT2D eigenvalue weighted by Crippen LogP contribution is -2.37. The number of rotatable bonds is 7. The van der Waals surface area contributed by atoms with Gasteiger partial charge >= 0.3 is 0 Å². The fourth-order valence-corrected chi connectivity index (χ4v) is 4.30. The molecule has 154 valence electrons. The molecule has 0 aliphatic rings. The van der Waals surface area contributed by atoms with Crippen LogP contribution in [0.5, 0.6) is 0 Å². The molecule has 0 radical (unpaired) electrons. The van der Waals surface area contributed by atoms with E-state index in [1.807, 2.05) is 12.1 Å². The predicted octanol–water partition coefficient (Wildman–Crippen LogP) is 3.61. The molecule has 0 aliphatic heterocycles. The molecule has 9 heteroatoms. The zero-order valence-corrected chi connectivity index (χ0v) is 20.0. The lowest BCUT2D eigenvalue weighted by molar-refractivity contribution is 0.600. The number of benzene rings is 2. The number of halogens is 2. The van der Waals surface area contributed by atoms with Crippen LogP contribution in [0.25, 0.3) is 0 Å². The summed E-state index contributed by atoms with van der Waals surface area (Å²) in [6, 6.07) is 12.0. The summed E-state index contributed by atoms with van der Waals surface area (Å²) in [6.45, 7) is 2.93. The van der Waals surface area contributed by atoms with Crippen LogP contribution >= 0.6 is 35.7 Å². The number of hydrogen-bond acceptors (Lipinski definition) is 4. The number of hydrogen-bond donors (Lipinski definition) is 2. The first-order chi connectivity index (χ1) is 12.8. The number of guanidine groups is 1. The molecule has 0 amide bonds. The Labute approximate surface area is 187 Å². The molecule has 0 unspecified atom stereocenters. The Bertz CT molecular complexity index is 921. The molecule has 0 fully saturated rings. The fraction of sp³-hybridized carbons (Fsp3) is 0.316. The van der Waals surface area contributed by atoms with Gasteiger partial charge in [-0.3, -0.25) is 4.99 Å². The summed E-state index contributed by atoms with van der Waals surface area (Å²) in [4.78, 5) is 5.13. The van der Waals surface area contributed by atoms with Crippen molar-refractivity contribution < 1.29 is 12.8 Å². The molecule has 5 nitrogen and oxygen atoms in total. The van der Waals surface area contributed by atoms with Crippen LogP contribution in [0.2, 0.25) is 0 Å². The van der Waals surface area contributed by atoms with Crippen LogP contribution in [0.15, 0.2) is 57.2 Å². The fourth-order valence-electron chi connectivity index (χ4n) is 2.54. The third-order valence-corrected chi connectivity index (χ3v) is 6.12. The minimum absolute atomic E-state index is 0. The molecule has 28 heavy (non-hydrogen) atoms. The average molecular weight is 537 g/mol. The third-order valence-electron chi connectivity index (χ3n) is 3.81. The van der Waals surface area contributed by atoms with E-state index in [4.69, 9.17) is 0 Å². The first-order valence-corrected chi connectivity index (χ1v) is 11.3. The van der Waals surface area contributed by atoms with E-state index < -0.39 is 9.84 Å². The first-order valence-electron chi connectivity index (χ1n) is 8.42. The van der Waals surface area contributed by atoms with Crippen molar-refractivity contribution in [3.63, 3.8) is 0 Å². The van der Waals surface area contributed by atoms with Crippen LogP contribution in [0, 0.1) is 12.7 Å². The Morgan fingerprint density at radius 2 is 1.89 bits per heavy atom. The van der Waals surface area contributed by atoms with E-state index in [-0.39, 0.29) is 29.8 Å². The van der Waals surface area contributed by atoms with Crippen molar-refractivity contribution in [2.24, 2.45) is 4.99 Å². The van der Waals surface area contributed by atoms with Gasteiger partial charge in [-0.2, -0.15) is 0 Å². The van der Waals surface area contributed by atoms with Gasteiger partial charge in [0.05, 0.1) is 4.90 Å². The van der Waals surface area contributed by atoms with Gasteiger partial charge in [0, 0.05) is 37.0 Å². The van der Waals surface area contributed by atoms with Gasteiger partial charge in [-0.05, 0) is 36.2 Å². The van der Waals surface area contributed by atoms with Gasteiger partial charge in [0.2, 0.25) is 0 Å². The van der Waals surface area contributed by atoms with E-state index in [9.17, 15) is 12.8 Å². The van der Waals surface area contributed by atoms with Crippen LogP contribution in [0.4, 0.5) is 4.39 Å². The van der Waals surface area contributed by atoms with Crippen LogP contribution < -0.4 is 10.6 Å². The van der Waals surface area contributed by atoms with Crippen LogP contribution in [0.3, 0.4) is 0 Å². The van der Waals surface area contributed by atoms with Crippen LogP contribution in [0.1, 0.15) is 11.1 Å². The maximum absolute atomic E-state index is 13.6. The number of nitrogens with one attached hydrogen (secondary N) is 2. The summed E-state index contributed by atoms with van der Waals surface area (Å²) < 4.78 is 36.9. The lowest BCUT2D eigenvalue weighted by atomic mass is 10.1. The number of sulfone groups is 1. The molecule has 0 aliphatic carbocycles. The molecular weight excluding hydrogens is 512 g/mol. The maximum atomic E-state index is 13.6. The summed E-state index contributed by atoms with van der Waals surface area (Å²) >= 11 is 1.44. The zero-order chi connectivity index (χ0) is 19.9. The Balaban J connectivity index is 0.00000392. The largest absolute Gasteiger partial charge is 0.356 e. The van der Waals surface area contributed by atoms with E-state index in [1.54, 1.807) is 38.2 Å². The van der Waals surface area contributed by atoms with E-state index >= 15 is 0 Å². The standard InChI is InChI=1S/C19H24FN3O2S2.HI/c1-14-12-15(8-9-18(14)27(3,24)25)13-23-19(21-2)22-10-11-26-17-7-5-4-6-16(17)20;/h4-9,12H,10-11,13H2,1-3H3,(H2,21,22,23);1H. The van der Waals surface area contributed by atoms with Gasteiger partial charge in [-0.25, -0.2) is 12.8 Å². The van der Waals surface area contributed by atoms with Crippen molar-refractivity contribution in [2.45, 2.75) is 23.3 Å². The molecule has 2 N–H and O–H groups in total. The smallest absolute Gasteiger partial charge is 0.191 e. The average Bonchev–Trinajstić information content (AvgIpc) is 2.61. The molecule has 0 heterocycles. The molecule has 0 saturated carbocycles. The second-order valence-corrected chi connectivity index (χ2v) is 9.12. The quantitative estimate of drug-likeness (QED) is 0.186.